The maximum atomic E-state index is 2.48. The lowest BCUT2D eigenvalue weighted by atomic mass is 9.12. The second-order valence-electron chi connectivity index (χ2n) is 8.55. The molecule has 0 saturated carbocycles. The van der Waals surface area contributed by atoms with Gasteiger partial charge in [-0.1, -0.05) is 101 Å². The SMILES string of the molecule is CC(C)=CC(BB(c1c(C)cccc1C)c1c(C)cccc1C)C(C)C. The predicted octanol–water partition coefficient (Wildman–Crippen LogP) is 4.87. The highest BCUT2D eigenvalue weighted by Crippen LogP contribution is 2.22. The van der Waals surface area contributed by atoms with Gasteiger partial charge in [0, 0.05) is 0 Å². The average Bonchev–Trinajstić information content (AvgIpc) is 2.52. The van der Waals surface area contributed by atoms with E-state index in [2.05, 4.69) is 97.9 Å². The van der Waals surface area contributed by atoms with Crippen molar-refractivity contribution in [2.24, 2.45) is 5.92 Å². The van der Waals surface area contributed by atoms with Gasteiger partial charge in [0.25, 0.3) is 0 Å². The van der Waals surface area contributed by atoms with Crippen molar-refractivity contribution in [2.45, 2.75) is 61.2 Å². The van der Waals surface area contributed by atoms with E-state index in [0.717, 1.165) is 0 Å². The Morgan fingerprint density at radius 2 is 1.19 bits per heavy atom. The molecular weight excluding hydrogens is 310 g/mol. The molecule has 136 valence electrons. The first-order valence-corrected chi connectivity index (χ1v) is 9.99. The van der Waals surface area contributed by atoms with Crippen LogP contribution in [0, 0.1) is 33.6 Å². The lowest BCUT2D eigenvalue weighted by Crippen LogP contribution is -2.53. The van der Waals surface area contributed by atoms with E-state index >= 15 is 0 Å². The highest BCUT2D eigenvalue weighted by Gasteiger charge is 2.29. The zero-order chi connectivity index (χ0) is 19.4. The third-order valence-corrected chi connectivity index (χ3v) is 5.69. The first-order chi connectivity index (χ1) is 12.2. The van der Waals surface area contributed by atoms with Crippen LogP contribution in [0.2, 0.25) is 5.82 Å². The summed E-state index contributed by atoms with van der Waals surface area (Å²) in [6, 6.07) is 13.5. The molecule has 2 aromatic rings. The molecule has 0 nitrogen and oxygen atoms in total. The maximum Gasteiger partial charge on any atom is 0.177 e. The Bertz CT molecular complexity index is 691. The van der Waals surface area contributed by atoms with Gasteiger partial charge in [0.05, 0.1) is 0 Å². The molecule has 2 heteroatoms. The van der Waals surface area contributed by atoms with Crippen LogP contribution in [0.4, 0.5) is 0 Å². The number of hydrogen-bond acceptors (Lipinski definition) is 0. The summed E-state index contributed by atoms with van der Waals surface area (Å²) in [5.74, 6) is 1.23. The molecule has 2 rings (SSSR count). The van der Waals surface area contributed by atoms with Crippen molar-refractivity contribution in [1.29, 1.82) is 0 Å². The van der Waals surface area contributed by atoms with Crippen molar-refractivity contribution in [3.63, 3.8) is 0 Å². The second-order valence-corrected chi connectivity index (χ2v) is 8.55. The van der Waals surface area contributed by atoms with Gasteiger partial charge in [-0.3, -0.25) is 0 Å². The van der Waals surface area contributed by atoms with Gasteiger partial charge in [-0.15, -0.1) is 0 Å². The van der Waals surface area contributed by atoms with Crippen LogP contribution in [0.3, 0.4) is 0 Å². The zero-order valence-electron chi connectivity index (χ0n) is 18.0. The number of rotatable bonds is 6. The Balaban J connectivity index is 2.65. The molecule has 26 heavy (non-hydrogen) atoms. The van der Waals surface area contributed by atoms with Crippen LogP contribution in [0.1, 0.15) is 49.9 Å². The summed E-state index contributed by atoms with van der Waals surface area (Å²) in [4.78, 5) is 0. The Hall–Kier alpha value is -1.69. The summed E-state index contributed by atoms with van der Waals surface area (Å²) < 4.78 is 0. The number of aryl methyl sites for hydroxylation is 4. The lowest BCUT2D eigenvalue weighted by molar-refractivity contribution is 0.658. The van der Waals surface area contributed by atoms with Gasteiger partial charge in [-0.05, 0) is 47.5 Å². The van der Waals surface area contributed by atoms with Crippen LogP contribution in [-0.2, 0) is 0 Å². The summed E-state index contributed by atoms with van der Waals surface area (Å²) in [7, 11) is 1.17. The fourth-order valence-corrected chi connectivity index (χ4v) is 4.37. The minimum atomic E-state index is 0.445. The van der Waals surface area contributed by atoms with Crippen LogP contribution in [0.15, 0.2) is 48.0 Å². The smallest absolute Gasteiger partial charge is 0.0908 e. The molecule has 0 heterocycles. The molecule has 0 amide bonds. The van der Waals surface area contributed by atoms with Crippen molar-refractivity contribution in [3.05, 3.63) is 70.3 Å². The van der Waals surface area contributed by atoms with Crippen molar-refractivity contribution in [2.75, 3.05) is 0 Å². The second kappa shape index (κ2) is 8.80. The fraction of sp³-hybridized carbons (Fsp3) is 0.417. The average molecular weight is 344 g/mol. The van der Waals surface area contributed by atoms with Crippen molar-refractivity contribution in [1.82, 2.24) is 0 Å². The summed E-state index contributed by atoms with van der Waals surface area (Å²) in [5.41, 5.74) is 10.1. The topological polar surface area (TPSA) is 0 Å². The molecule has 1 unspecified atom stereocenters. The molecule has 2 aromatic carbocycles. The minimum Gasteiger partial charge on any atom is -0.0908 e. The van der Waals surface area contributed by atoms with Gasteiger partial charge in [0.1, 0.15) is 7.17 Å². The molecule has 0 radical (unpaired) electrons. The summed E-state index contributed by atoms with van der Waals surface area (Å²) in [6.45, 7) is 18.7. The Morgan fingerprint density at radius 1 is 0.808 bits per heavy atom. The molecule has 0 aliphatic heterocycles. The molecular formula is C24H34B2. The van der Waals surface area contributed by atoms with E-state index in [1.165, 1.54) is 45.9 Å². The molecule has 0 spiro atoms. The van der Waals surface area contributed by atoms with Crippen molar-refractivity contribution in [3.8, 4) is 0 Å². The molecule has 0 saturated heterocycles. The molecule has 1 atom stereocenters. The third-order valence-electron chi connectivity index (χ3n) is 5.69. The molecule has 0 aliphatic rings. The van der Waals surface area contributed by atoms with Gasteiger partial charge in [-0.2, -0.15) is 0 Å². The first-order valence-electron chi connectivity index (χ1n) is 9.99. The fourth-order valence-electron chi connectivity index (χ4n) is 4.37. The predicted molar refractivity (Wildman–Crippen MR) is 122 cm³/mol. The van der Waals surface area contributed by atoms with Gasteiger partial charge in [0.2, 0.25) is 0 Å². The summed E-state index contributed by atoms with van der Waals surface area (Å²) >= 11 is 0. The Kier molecular flexibility index (Phi) is 6.98. The van der Waals surface area contributed by atoms with E-state index in [0.29, 0.717) is 18.3 Å². The van der Waals surface area contributed by atoms with Crippen LogP contribution in [-0.4, -0.2) is 13.8 Å². The summed E-state index contributed by atoms with van der Waals surface area (Å²) in [5, 5.41) is 0. The van der Waals surface area contributed by atoms with Gasteiger partial charge in [-0.25, -0.2) is 0 Å². The monoisotopic (exact) mass is 344 g/mol. The van der Waals surface area contributed by atoms with Crippen molar-refractivity contribution >= 4 is 24.7 Å². The number of hydrogen-bond donors (Lipinski definition) is 0. The largest absolute Gasteiger partial charge is 0.177 e. The molecule has 0 aromatic heterocycles. The van der Waals surface area contributed by atoms with Crippen LogP contribution in [0.25, 0.3) is 0 Å². The molecule has 0 fully saturated rings. The zero-order valence-corrected chi connectivity index (χ0v) is 18.0. The van der Waals surface area contributed by atoms with Crippen molar-refractivity contribution < 1.29 is 0 Å². The Labute approximate surface area is 162 Å². The minimum absolute atomic E-state index is 0.445. The highest BCUT2D eigenvalue weighted by atomic mass is 14.1. The van der Waals surface area contributed by atoms with Crippen LogP contribution >= 0.6 is 0 Å². The third kappa shape index (κ3) is 4.72. The lowest BCUT2D eigenvalue weighted by Gasteiger charge is -2.27. The summed E-state index contributed by atoms with van der Waals surface area (Å²) in [6.07, 6.45) is 2.48. The Morgan fingerprint density at radius 3 is 1.50 bits per heavy atom. The molecule has 0 N–H and O–H groups in total. The molecule has 0 bridgehead atoms. The number of allylic oxidation sites excluding steroid dienone is 2. The standard InChI is InChI=1S/C24H34B2/c1-16(2)15-22(17(3)4)25-26(23-18(5)11-9-12-19(23)6)24-20(7)13-10-14-21(24)8/h9-15,17,22,25H,1-8H3. The quantitative estimate of drug-likeness (QED) is 0.518. The highest BCUT2D eigenvalue weighted by molar-refractivity contribution is 7.26. The van der Waals surface area contributed by atoms with Crippen LogP contribution < -0.4 is 10.9 Å². The van der Waals surface area contributed by atoms with E-state index in [1.54, 1.807) is 0 Å². The number of benzene rings is 2. The van der Waals surface area contributed by atoms with E-state index in [1.807, 2.05) is 0 Å². The van der Waals surface area contributed by atoms with E-state index in [4.69, 9.17) is 0 Å². The van der Waals surface area contributed by atoms with E-state index in [-0.39, 0.29) is 0 Å². The maximum absolute atomic E-state index is 2.48. The first kappa shape index (κ1) is 20.6. The van der Waals surface area contributed by atoms with Gasteiger partial charge in [0.15, 0.2) is 6.60 Å². The van der Waals surface area contributed by atoms with E-state index in [9.17, 15) is 0 Å². The van der Waals surface area contributed by atoms with Crippen LogP contribution in [0.5, 0.6) is 0 Å². The normalized spacial score (nSPS) is 12.0. The van der Waals surface area contributed by atoms with Gasteiger partial charge >= 0.3 is 0 Å². The van der Waals surface area contributed by atoms with Gasteiger partial charge < -0.3 is 0 Å². The van der Waals surface area contributed by atoms with E-state index < -0.39 is 0 Å². The molecule has 0 aliphatic carbocycles.